The second-order valence-electron chi connectivity index (χ2n) is 4.27. The van der Waals surface area contributed by atoms with Gasteiger partial charge in [0.1, 0.15) is 4.64 Å². The highest BCUT2D eigenvalue weighted by Gasteiger charge is 2.05. The molecular formula is C11H13ClN4S. The van der Waals surface area contributed by atoms with Crippen molar-refractivity contribution in [2.45, 2.75) is 20.3 Å². The summed E-state index contributed by atoms with van der Waals surface area (Å²) in [5, 5.41) is 11.4. The fourth-order valence-corrected chi connectivity index (χ4v) is 1.97. The van der Waals surface area contributed by atoms with Crippen LogP contribution in [0.3, 0.4) is 0 Å². The maximum Gasteiger partial charge on any atom is 0.175 e. The molecule has 0 fully saturated rings. The number of halogens is 1. The number of H-pyrrole nitrogens is 1. The summed E-state index contributed by atoms with van der Waals surface area (Å²) in [6, 6.07) is 5.42. The molecule has 0 saturated carbocycles. The molecule has 2 heterocycles. The summed E-state index contributed by atoms with van der Waals surface area (Å²) in [4.78, 5) is 0. The molecule has 4 nitrogen and oxygen atoms in total. The zero-order chi connectivity index (χ0) is 12.4. The molecule has 2 rings (SSSR count). The third kappa shape index (κ3) is 2.92. The molecule has 0 aliphatic heterocycles. The second kappa shape index (κ2) is 4.98. The normalized spacial score (nSPS) is 11.1. The molecule has 6 heteroatoms. The lowest BCUT2D eigenvalue weighted by Crippen LogP contribution is -2.02. The molecule has 0 amide bonds. The Labute approximate surface area is 110 Å². The molecular weight excluding hydrogens is 256 g/mol. The molecule has 0 aliphatic carbocycles. The van der Waals surface area contributed by atoms with Gasteiger partial charge in [-0.05, 0) is 30.5 Å². The van der Waals surface area contributed by atoms with E-state index in [-0.39, 0.29) is 0 Å². The van der Waals surface area contributed by atoms with Crippen LogP contribution in [0.15, 0.2) is 18.2 Å². The molecule has 2 aromatic heterocycles. The Morgan fingerprint density at radius 2 is 2.18 bits per heavy atom. The first kappa shape index (κ1) is 12.3. The van der Waals surface area contributed by atoms with Crippen molar-refractivity contribution in [2.75, 3.05) is 0 Å². The molecule has 0 atom stereocenters. The maximum atomic E-state index is 5.69. The summed E-state index contributed by atoms with van der Waals surface area (Å²) < 4.78 is 2.42. The molecule has 1 N–H and O–H groups in total. The van der Waals surface area contributed by atoms with Gasteiger partial charge in [0.2, 0.25) is 0 Å². The molecule has 2 aromatic rings. The lowest BCUT2D eigenvalue weighted by atomic mass is 10.1. The van der Waals surface area contributed by atoms with Gasteiger partial charge in [0.15, 0.2) is 11.0 Å². The van der Waals surface area contributed by atoms with E-state index in [0.717, 1.165) is 12.1 Å². The maximum absolute atomic E-state index is 5.69. The summed E-state index contributed by atoms with van der Waals surface area (Å²) in [6.07, 6.45) is 0.956. The number of hydrogen-bond acceptors (Lipinski definition) is 3. The van der Waals surface area contributed by atoms with Crippen LogP contribution in [0.4, 0.5) is 0 Å². The largest absolute Gasteiger partial charge is 0.296 e. The SMILES string of the molecule is CC(C)Cc1cc(=S)n(-c2ccc(Cl)nn2)[nH]1. The summed E-state index contributed by atoms with van der Waals surface area (Å²) in [6.45, 7) is 4.33. The van der Waals surface area contributed by atoms with Gasteiger partial charge in [-0.15, -0.1) is 10.2 Å². The van der Waals surface area contributed by atoms with E-state index in [4.69, 9.17) is 23.8 Å². The van der Waals surface area contributed by atoms with E-state index in [0.29, 0.717) is 21.5 Å². The summed E-state index contributed by atoms with van der Waals surface area (Å²) in [7, 11) is 0. The van der Waals surface area contributed by atoms with Gasteiger partial charge in [0.05, 0.1) is 0 Å². The average molecular weight is 269 g/mol. The van der Waals surface area contributed by atoms with Crippen molar-refractivity contribution in [2.24, 2.45) is 5.92 Å². The number of nitrogens with one attached hydrogen (secondary N) is 1. The summed E-state index contributed by atoms with van der Waals surface area (Å²) >= 11 is 11.0. The third-order valence-corrected chi connectivity index (χ3v) is 2.75. The van der Waals surface area contributed by atoms with Crippen molar-refractivity contribution in [1.29, 1.82) is 0 Å². The fraction of sp³-hybridized carbons (Fsp3) is 0.364. The Hall–Kier alpha value is -1.20. The van der Waals surface area contributed by atoms with Crippen molar-refractivity contribution in [3.8, 4) is 5.82 Å². The lowest BCUT2D eigenvalue weighted by Gasteiger charge is -2.02. The first-order chi connectivity index (χ1) is 8.06. The first-order valence-electron chi connectivity index (χ1n) is 5.37. The lowest BCUT2D eigenvalue weighted by molar-refractivity contribution is 0.626. The number of nitrogens with zero attached hydrogens (tertiary/aromatic N) is 3. The van der Waals surface area contributed by atoms with E-state index in [1.807, 2.05) is 6.07 Å². The predicted octanol–water partition coefficient (Wildman–Crippen LogP) is 3.18. The van der Waals surface area contributed by atoms with Crippen LogP contribution in [0.5, 0.6) is 0 Å². The van der Waals surface area contributed by atoms with Crippen LogP contribution in [-0.4, -0.2) is 20.0 Å². The van der Waals surface area contributed by atoms with Crippen LogP contribution >= 0.6 is 23.8 Å². The van der Waals surface area contributed by atoms with E-state index < -0.39 is 0 Å². The Kier molecular flexibility index (Phi) is 3.59. The Bertz CT molecular complexity index is 556. The number of hydrogen-bond donors (Lipinski definition) is 1. The minimum atomic E-state index is 0.370. The highest BCUT2D eigenvalue weighted by Crippen LogP contribution is 2.11. The molecule has 90 valence electrons. The Morgan fingerprint density at radius 1 is 1.41 bits per heavy atom. The van der Waals surface area contributed by atoms with Gasteiger partial charge in [-0.2, -0.15) is 0 Å². The van der Waals surface area contributed by atoms with Gasteiger partial charge in [-0.3, -0.25) is 5.10 Å². The topological polar surface area (TPSA) is 46.5 Å². The molecule has 0 saturated heterocycles. The highest BCUT2D eigenvalue weighted by molar-refractivity contribution is 7.71. The highest BCUT2D eigenvalue weighted by atomic mass is 35.5. The fourth-order valence-electron chi connectivity index (χ4n) is 1.59. The monoisotopic (exact) mass is 268 g/mol. The minimum absolute atomic E-state index is 0.370. The van der Waals surface area contributed by atoms with Crippen molar-refractivity contribution in [3.05, 3.63) is 33.7 Å². The standard InChI is InChI=1S/C11H13ClN4S/c1-7(2)5-8-6-11(17)16(15-8)10-4-3-9(12)13-14-10/h3-4,6-7,15H,5H2,1-2H3. The zero-order valence-corrected chi connectivity index (χ0v) is 11.2. The number of aromatic nitrogens is 4. The van der Waals surface area contributed by atoms with Gasteiger partial charge in [-0.1, -0.05) is 37.7 Å². The second-order valence-corrected chi connectivity index (χ2v) is 5.07. The molecule has 0 unspecified atom stereocenters. The van der Waals surface area contributed by atoms with E-state index in [1.54, 1.807) is 16.8 Å². The van der Waals surface area contributed by atoms with Crippen LogP contribution < -0.4 is 0 Å². The van der Waals surface area contributed by atoms with E-state index >= 15 is 0 Å². The van der Waals surface area contributed by atoms with Crippen LogP contribution in [0.1, 0.15) is 19.5 Å². The predicted molar refractivity (Wildman–Crippen MR) is 70.1 cm³/mol. The number of aromatic amines is 1. The van der Waals surface area contributed by atoms with E-state index in [1.165, 1.54) is 0 Å². The number of rotatable bonds is 3. The minimum Gasteiger partial charge on any atom is -0.296 e. The quantitative estimate of drug-likeness (QED) is 0.870. The van der Waals surface area contributed by atoms with Crippen LogP contribution in [0.25, 0.3) is 5.82 Å². The first-order valence-corrected chi connectivity index (χ1v) is 6.15. The van der Waals surface area contributed by atoms with E-state index in [2.05, 4.69) is 29.1 Å². The molecule has 17 heavy (non-hydrogen) atoms. The zero-order valence-electron chi connectivity index (χ0n) is 9.64. The molecule has 0 aliphatic rings. The smallest absolute Gasteiger partial charge is 0.175 e. The average Bonchev–Trinajstić information content (AvgIpc) is 2.59. The Morgan fingerprint density at radius 3 is 2.76 bits per heavy atom. The van der Waals surface area contributed by atoms with Crippen LogP contribution in [0, 0.1) is 10.6 Å². The molecule has 0 aromatic carbocycles. The van der Waals surface area contributed by atoms with Gasteiger partial charge < -0.3 is 0 Å². The van der Waals surface area contributed by atoms with Crippen molar-refractivity contribution >= 4 is 23.8 Å². The molecule has 0 bridgehead atoms. The molecule has 0 radical (unpaired) electrons. The Balaban J connectivity index is 2.36. The van der Waals surface area contributed by atoms with Gasteiger partial charge in [-0.25, -0.2) is 4.68 Å². The van der Waals surface area contributed by atoms with Crippen LogP contribution in [0.2, 0.25) is 5.15 Å². The van der Waals surface area contributed by atoms with Gasteiger partial charge in [0, 0.05) is 5.69 Å². The summed E-state index contributed by atoms with van der Waals surface area (Å²) in [5.74, 6) is 1.22. The van der Waals surface area contributed by atoms with Crippen molar-refractivity contribution in [3.63, 3.8) is 0 Å². The molecule has 0 spiro atoms. The van der Waals surface area contributed by atoms with E-state index in [9.17, 15) is 0 Å². The van der Waals surface area contributed by atoms with Crippen molar-refractivity contribution in [1.82, 2.24) is 20.0 Å². The van der Waals surface area contributed by atoms with Gasteiger partial charge >= 0.3 is 0 Å². The van der Waals surface area contributed by atoms with Crippen LogP contribution in [-0.2, 0) is 6.42 Å². The van der Waals surface area contributed by atoms with Crippen molar-refractivity contribution < 1.29 is 0 Å². The third-order valence-electron chi connectivity index (χ3n) is 2.25. The summed E-state index contributed by atoms with van der Waals surface area (Å²) in [5.41, 5.74) is 1.10. The van der Waals surface area contributed by atoms with Gasteiger partial charge in [0.25, 0.3) is 0 Å².